The van der Waals surface area contributed by atoms with Crippen LogP contribution < -0.4 is 10.4 Å². The molecule has 0 radical (unpaired) electrons. The summed E-state index contributed by atoms with van der Waals surface area (Å²) < 4.78 is 7.15. The van der Waals surface area contributed by atoms with E-state index in [0.717, 1.165) is 5.56 Å². The number of benzene rings is 1. The zero-order valence-corrected chi connectivity index (χ0v) is 13.7. The zero-order valence-electron chi connectivity index (χ0n) is 12.9. The molecule has 1 aromatic heterocycles. The summed E-state index contributed by atoms with van der Waals surface area (Å²) in [6.07, 6.45) is 0. The van der Waals surface area contributed by atoms with Gasteiger partial charge in [0, 0.05) is 12.6 Å². The first-order chi connectivity index (χ1) is 10.3. The number of nitriles is 1. The predicted octanol–water partition coefficient (Wildman–Crippen LogP) is 2.51. The third-order valence-corrected chi connectivity index (χ3v) is 3.72. The van der Waals surface area contributed by atoms with Gasteiger partial charge in [-0.3, -0.25) is 4.57 Å². The molecule has 2 rings (SSSR count). The summed E-state index contributed by atoms with van der Waals surface area (Å²) in [5, 5.41) is 15.6. The van der Waals surface area contributed by atoms with E-state index in [1.54, 1.807) is 13.1 Å². The van der Waals surface area contributed by atoms with Crippen molar-refractivity contribution in [2.45, 2.75) is 32.8 Å². The van der Waals surface area contributed by atoms with E-state index in [9.17, 15) is 4.79 Å². The molecule has 1 aromatic carbocycles. The van der Waals surface area contributed by atoms with Gasteiger partial charge in [-0.25, -0.2) is 9.89 Å². The lowest BCUT2D eigenvalue weighted by Gasteiger charge is -2.23. The van der Waals surface area contributed by atoms with Gasteiger partial charge in [0.15, 0.2) is 5.82 Å². The molecule has 0 saturated heterocycles. The van der Waals surface area contributed by atoms with Crippen LogP contribution in [0, 0.1) is 11.3 Å². The van der Waals surface area contributed by atoms with Crippen molar-refractivity contribution in [3.8, 4) is 11.8 Å². The summed E-state index contributed by atoms with van der Waals surface area (Å²) in [6, 6.07) is 5.56. The molecule has 7 heteroatoms. The Hall–Kier alpha value is -2.26. The van der Waals surface area contributed by atoms with Crippen molar-refractivity contribution < 1.29 is 4.74 Å². The van der Waals surface area contributed by atoms with Crippen LogP contribution in [0.3, 0.4) is 0 Å². The smallest absolute Gasteiger partial charge is 0.343 e. The second-order valence-corrected chi connectivity index (χ2v) is 6.34. The fourth-order valence-electron chi connectivity index (χ4n) is 2.02. The van der Waals surface area contributed by atoms with Gasteiger partial charge in [0.1, 0.15) is 23.4 Å². The molecule has 0 bridgehead atoms. The number of hydrogen-bond donors (Lipinski definition) is 1. The number of ether oxygens (including phenoxy) is 1. The highest BCUT2D eigenvalue weighted by Gasteiger charge is 2.23. The minimum atomic E-state index is -0.313. The first kappa shape index (κ1) is 16.1. The normalized spacial score (nSPS) is 11.3. The Morgan fingerprint density at radius 2 is 2.14 bits per heavy atom. The number of nitrogens with one attached hydrogen (secondary N) is 1. The van der Waals surface area contributed by atoms with E-state index in [0.29, 0.717) is 17.1 Å². The van der Waals surface area contributed by atoms with Gasteiger partial charge >= 0.3 is 5.69 Å². The third-order valence-electron chi connectivity index (χ3n) is 3.34. The Balaban J connectivity index is 2.42. The van der Waals surface area contributed by atoms with Gasteiger partial charge in [0.2, 0.25) is 0 Å². The molecule has 116 valence electrons. The number of hydrogen-bond acceptors (Lipinski definition) is 4. The van der Waals surface area contributed by atoms with Gasteiger partial charge in [0.25, 0.3) is 0 Å². The molecular formula is C15H17ClN4O2. The molecule has 22 heavy (non-hydrogen) atoms. The molecule has 0 atom stereocenters. The second-order valence-electron chi connectivity index (χ2n) is 5.96. The summed E-state index contributed by atoms with van der Waals surface area (Å²) in [5.41, 5.74) is 0.717. The van der Waals surface area contributed by atoms with Crippen molar-refractivity contribution in [3.63, 3.8) is 0 Å². The fourth-order valence-corrected chi connectivity index (χ4v) is 2.28. The molecule has 0 amide bonds. The molecule has 2 aromatic rings. The maximum absolute atomic E-state index is 11.4. The summed E-state index contributed by atoms with van der Waals surface area (Å²) in [5.74, 6) is 0.895. The van der Waals surface area contributed by atoms with Gasteiger partial charge in [0.05, 0.1) is 5.56 Å². The third kappa shape index (κ3) is 3.00. The highest BCUT2D eigenvalue weighted by atomic mass is 35.5. The molecule has 0 aliphatic rings. The average molecular weight is 321 g/mol. The van der Waals surface area contributed by atoms with Crippen molar-refractivity contribution in [3.05, 3.63) is 44.6 Å². The molecule has 0 aliphatic carbocycles. The minimum Gasteiger partial charge on any atom is -0.484 e. The first-order valence-electron chi connectivity index (χ1n) is 6.72. The van der Waals surface area contributed by atoms with Gasteiger partial charge < -0.3 is 4.74 Å². The SMILES string of the molecule is Cn1c(COc2c(C(C)(C)C)ccc(C#N)c2Cl)n[nH]c1=O. The van der Waals surface area contributed by atoms with E-state index in [2.05, 4.69) is 10.2 Å². The Kier molecular flexibility index (Phi) is 4.29. The van der Waals surface area contributed by atoms with Crippen LogP contribution in [0.1, 0.15) is 37.7 Å². The van der Waals surface area contributed by atoms with Crippen LogP contribution in [0.5, 0.6) is 5.75 Å². The number of aromatic nitrogens is 3. The van der Waals surface area contributed by atoms with Crippen LogP contribution in [-0.2, 0) is 19.1 Å². The van der Waals surface area contributed by atoms with Crippen molar-refractivity contribution in [1.29, 1.82) is 5.26 Å². The van der Waals surface area contributed by atoms with Gasteiger partial charge in [-0.1, -0.05) is 38.4 Å². The largest absolute Gasteiger partial charge is 0.484 e. The van der Waals surface area contributed by atoms with Crippen LogP contribution in [0.15, 0.2) is 16.9 Å². The fraction of sp³-hybridized carbons (Fsp3) is 0.400. The van der Waals surface area contributed by atoms with E-state index in [1.807, 2.05) is 32.9 Å². The number of H-pyrrole nitrogens is 1. The van der Waals surface area contributed by atoms with E-state index < -0.39 is 0 Å². The number of aromatic amines is 1. The average Bonchev–Trinajstić information content (AvgIpc) is 2.76. The number of nitrogens with zero attached hydrogens (tertiary/aromatic N) is 3. The van der Waals surface area contributed by atoms with Crippen molar-refractivity contribution in [2.75, 3.05) is 0 Å². The molecule has 0 saturated carbocycles. The van der Waals surface area contributed by atoms with Gasteiger partial charge in [-0.2, -0.15) is 10.4 Å². The van der Waals surface area contributed by atoms with Crippen molar-refractivity contribution in [2.24, 2.45) is 7.05 Å². The first-order valence-corrected chi connectivity index (χ1v) is 7.09. The van der Waals surface area contributed by atoms with E-state index in [-0.39, 0.29) is 22.7 Å². The maximum atomic E-state index is 11.4. The van der Waals surface area contributed by atoms with Crippen LogP contribution >= 0.6 is 11.6 Å². The quantitative estimate of drug-likeness (QED) is 0.941. The summed E-state index contributed by atoms with van der Waals surface area (Å²) in [6.45, 7) is 6.17. The lowest BCUT2D eigenvalue weighted by molar-refractivity contribution is 0.283. The molecule has 0 fully saturated rings. The highest BCUT2D eigenvalue weighted by Crippen LogP contribution is 2.39. The van der Waals surface area contributed by atoms with Crippen LogP contribution in [0.4, 0.5) is 0 Å². The Bertz CT molecular complexity index is 793. The standard InChI is InChI=1S/C15H17ClN4O2/c1-15(2,3)10-6-5-9(7-17)12(16)13(10)22-8-11-18-19-14(21)20(11)4/h5-6H,8H2,1-4H3,(H,19,21). The molecule has 1 N–H and O–H groups in total. The van der Waals surface area contributed by atoms with Crippen LogP contribution in [0.25, 0.3) is 0 Å². The second kappa shape index (κ2) is 5.85. The van der Waals surface area contributed by atoms with Crippen molar-refractivity contribution >= 4 is 11.6 Å². The van der Waals surface area contributed by atoms with Crippen LogP contribution in [-0.4, -0.2) is 14.8 Å². The molecule has 0 aliphatic heterocycles. The topological polar surface area (TPSA) is 83.7 Å². The summed E-state index contributed by atoms with van der Waals surface area (Å²) in [4.78, 5) is 11.4. The Labute approximate surface area is 133 Å². The van der Waals surface area contributed by atoms with Gasteiger partial charge in [-0.05, 0) is 11.5 Å². The van der Waals surface area contributed by atoms with E-state index >= 15 is 0 Å². The van der Waals surface area contributed by atoms with E-state index in [4.69, 9.17) is 21.6 Å². The number of rotatable bonds is 3. The zero-order chi connectivity index (χ0) is 16.5. The summed E-state index contributed by atoms with van der Waals surface area (Å²) >= 11 is 6.29. The van der Waals surface area contributed by atoms with Gasteiger partial charge in [-0.15, -0.1) is 0 Å². The monoisotopic (exact) mass is 320 g/mol. The highest BCUT2D eigenvalue weighted by molar-refractivity contribution is 6.33. The van der Waals surface area contributed by atoms with Crippen LogP contribution in [0.2, 0.25) is 5.02 Å². The minimum absolute atomic E-state index is 0.0763. The Morgan fingerprint density at radius 3 is 2.64 bits per heavy atom. The van der Waals surface area contributed by atoms with Crippen molar-refractivity contribution in [1.82, 2.24) is 14.8 Å². The molecule has 0 unspecified atom stereocenters. The molecule has 0 spiro atoms. The molecule has 1 heterocycles. The van der Waals surface area contributed by atoms with E-state index in [1.165, 1.54) is 4.57 Å². The predicted molar refractivity (Wildman–Crippen MR) is 83.0 cm³/mol. The Morgan fingerprint density at radius 1 is 1.45 bits per heavy atom. The molecular weight excluding hydrogens is 304 g/mol. The maximum Gasteiger partial charge on any atom is 0.343 e. The lowest BCUT2D eigenvalue weighted by Crippen LogP contribution is -2.17. The lowest BCUT2D eigenvalue weighted by atomic mass is 9.86. The summed E-state index contributed by atoms with van der Waals surface area (Å²) in [7, 11) is 1.60. The number of halogens is 1. The molecule has 6 nitrogen and oxygen atoms in total.